The van der Waals surface area contributed by atoms with E-state index in [0.717, 1.165) is 17.3 Å². The summed E-state index contributed by atoms with van der Waals surface area (Å²) in [6.45, 7) is 0.164. The van der Waals surface area contributed by atoms with Gasteiger partial charge in [-0.05, 0) is 31.1 Å². The molecule has 3 atom stereocenters. The Morgan fingerprint density at radius 2 is 2.25 bits per heavy atom. The van der Waals surface area contributed by atoms with Gasteiger partial charge in [-0.3, -0.25) is 0 Å². The lowest BCUT2D eigenvalue weighted by atomic mass is 9.95. The SMILES string of the molecule is O=NN(CCCl)C(=O)N[C@H]1C[C@H]2CC[C@H]1C2. The molecule has 6 heteroatoms. The summed E-state index contributed by atoms with van der Waals surface area (Å²) < 4.78 is 0. The molecule has 0 aliphatic heterocycles. The number of fused-ring (bicyclic) bond motifs is 2. The highest BCUT2D eigenvalue weighted by molar-refractivity contribution is 6.18. The van der Waals surface area contributed by atoms with Crippen molar-refractivity contribution < 1.29 is 4.79 Å². The Labute approximate surface area is 99.5 Å². The number of hydrogen-bond acceptors (Lipinski definition) is 3. The van der Waals surface area contributed by atoms with Crippen LogP contribution < -0.4 is 5.32 Å². The molecule has 16 heavy (non-hydrogen) atoms. The van der Waals surface area contributed by atoms with Crippen LogP contribution in [0.1, 0.15) is 25.7 Å². The minimum atomic E-state index is -0.409. The van der Waals surface area contributed by atoms with Crippen molar-refractivity contribution in [1.82, 2.24) is 10.3 Å². The summed E-state index contributed by atoms with van der Waals surface area (Å²) in [4.78, 5) is 22.1. The number of halogens is 1. The number of hydrogen-bond donors (Lipinski definition) is 1. The van der Waals surface area contributed by atoms with Crippen LogP contribution in [-0.2, 0) is 0 Å². The maximum Gasteiger partial charge on any atom is 0.340 e. The first-order valence-corrected chi connectivity index (χ1v) is 6.25. The molecular weight excluding hydrogens is 230 g/mol. The monoisotopic (exact) mass is 245 g/mol. The van der Waals surface area contributed by atoms with Gasteiger partial charge in [0.25, 0.3) is 0 Å². The van der Waals surface area contributed by atoms with Gasteiger partial charge in [-0.2, -0.15) is 5.01 Å². The Hall–Kier alpha value is -0.840. The van der Waals surface area contributed by atoms with Crippen LogP contribution in [0, 0.1) is 16.7 Å². The molecule has 0 spiro atoms. The zero-order valence-electron chi connectivity index (χ0n) is 9.06. The lowest BCUT2D eigenvalue weighted by molar-refractivity contribution is 0.192. The molecule has 0 aromatic heterocycles. The minimum Gasteiger partial charge on any atom is -0.333 e. The van der Waals surface area contributed by atoms with E-state index in [1.807, 2.05) is 0 Å². The normalized spacial score (nSPS) is 31.4. The second kappa shape index (κ2) is 4.99. The van der Waals surface area contributed by atoms with Crippen molar-refractivity contribution in [3.8, 4) is 0 Å². The molecule has 0 unspecified atom stereocenters. The fourth-order valence-corrected chi connectivity index (χ4v) is 3.07. The Balaban J connectivity index is 1.84. The van der Waals surface area contributed by atoms with E-state index in [-0.39, 0.29) is 18.5 Å². The fraction of sp³-hybridized carbons (Fsp3) is 0.900. The van der Waals surface area contributed by atoms with Crippen LogP contribution in [0.15, 0.2) is 5.29 Å². The molecule has 1 N–H and O–H groups in total. The van der Waals surface area contributed by atoms with Gasteiger partial charge in [0.05, 0.1) is 11.8 Å². The molecule has 0 aromatic carbocycles. The number of amides is 2. The number of urea groups is 1. The van der Waals surface area contributed by atoms with Crippen LogP contribution in [0.4, 0.5) is 4.79 Å². The van der Waals surface area contributed by atoms with Crippen LogP contribution >= 0.6 is 11.6 Å². The highest BCUT2D eigenvalue weighted by Gasteiger charge is 2.40. The van der Waals surface area contributed by atoms with Crippen LogP contribution in [0.3, 0.4) is 0 Å². The van der Waals surface area contributed by atoms with Gasteiger partial charge in [-0.1, -0.05) is 6.42 Å². The first kappa shape index (κ1) is 11.6. The summed E-state index contributed by atoms with van der Waals surface area (Å²) in [5.74, 6) is 1.58. The van der Waals surface area contributed by atoms with E-state index >= 15 is 0 Å². The maximum absolute atomic E-state index is 11.7. The zero-order valence-corrected chi connectivity index (χ0v) is 9.82. The lowest BCUT2D eigenvalue weighted by Crippen LogP contribution is -2.45. The number of carbonyl (C=O) groups excluding carboxylic acids is 1. The second-order valence-corrected chi connectivity index (χ2v) is 5.00. The zero-order chi connectivity index (χ0) is 11.5. The number of carbonyl (C=O) groups is 1. The molecule has 0 heterocycles. The van der Waals surface area contributed by atoms with Crippen LogP contribution in [-0.4, -0.2) is 29.5 Å². The first-order chi connectivity index (χ1) is 7.74. The Bertz CT molecular complexity index is 287. The van der Waals surface area contributed by atoms with Gasteiger partial charge < -0.3 is 5.32 Å². The van der Waals surface area contributed by atoms with E-state index in [9.17, 15) is 9.70 Å². The molecule has 2 aliphatic carbocycles. The van der Waals surface area contributed by atoms with Gasteiger partial charge in [0.2, 0.25) is 0 Å². The summed E-state index contributed by atoms with van der Waals surface area (Å²) in [6.07, 6.45) is 4.74. The molecule has 0 saturated heterocycles. The second-order valence-electron chi connectivity index (χ2n) is 4.62. The van der Waals surface area contributed by atoms with E-state index in [2.05, 4.69) is 10.6 Å². The van der Waals surface area contributed by atoms with Crippen molar-refractivity contribution in [2.45, 2.75) is 31.7 Å². The number of rotatable bonds is 4. The van der Waals surface area contributed by atoms with Gasteiger partial charge in [-0.15, -0.1) is 16.5 Å². The van der Waals surface area contributed by atoms with Crippen molar-refractivity contribution in [3.63, 3.8) is 0 Å². The van der Waals surface area contributed by atoms with Gasteiger partial charge >= 0.3 is 6.03 Å². The lowest BCUT2D eigenvalue weighted by Gasteiger charge is -2.24. The van der Waals surface area contributed by atoms with E-state index in [1.54, 1.807) is 0 Å². The topological polar surface area (TPSA) is 61.8 Å². The third-order valence-corrected chi connectivity index (χ3v) is 3.85. The van der Waals surface area contributed by atoms with Crippen molar-refractivity contribution in [3.05, 3.63) is 4.91 Å². The van der Waals surface area contributed by atoms with Crippen LogP contribution in [0.5, 0.6) is 0 Å². The summed E-state index contributed by atoms with van der Waals surface area (Å²) in [5.41, 5.74) is 0. The van der Waals surface area contributed by atoms with Crippen molar-refractivity contribution >= 4 is 17.6 Å². The molecule has 2 aliphatic rings. The minimum absolute atomic E-state index is 0.164. The Kier molecular flexibility index (Phi) is 3.63. The number of nitrogens with one attached hydrogen (secondary N) is 1. The van der Waals surface area contributed by atoms with Crippen LogP contribution in [0.2, 0.25) is 0 Å². The van der Waals surface area contributed by atoms with E-state index in [1.165, 1.54) is 19.3 Å². The van der Waals surface area contributed by atoms with Gasteiger partial charge in [-0.25, -0.2) is 4.79 Å². The predicted molar refractivity (Wildman–Crippen MR) is 61.0 cm³/mol. The summed E-state index contributed by atoms with van der Waals surface area (Å²) in [5, 5.41) is 6.41. The Morgan fingerprint density at radius 1 is 1.44 bits per heavy atom. The number of nitroso groups, excluding NO2 is 1. The molecule has 90 valence electrons. The first-order valence-electron chi connectivity index (χ1n) is 5.72. The number of alkyl halides is 1. The molecule has 5 nitrogen and oxygen atoms in total. The highest BCUT2D eigenvalue weighted by atomic mass is 35.5. The van der Waals surface area contributed by atoms with Gasteiger partial charge in [0, 0.05) is 11.9 Å². The van der Waals surface area contributed by atoms with Gasteiger partial charge in [0.15, 0.2) is 0 Å². The summed E-state index contributed by atoms with van der Waals surface area (Å²) in [6, 6.07) is -0.181. The third kappa shape index (κ3) is 2.29. The summed E-state index contributed by atoms with van der Waals surface area (Å²) >= 11 is 5.48. The molecule has 2 amide bonds. The quantitative estimate of drug-likeness (QED) is 0.468. The molecular formula is C10H16ClN3O2. The van der Waals surface area contributed by atoms with Crippen LogP contribution in [0.25, 0.3) is 0 Å². The van der Waals surface area contributed by atoms with Gasteiger partial charge in [0.1, 0.15) is 0 Å². The summed E-state index contributed by atoms with van der Waals surface area (Å²) in [7, 11) is 0. The predicted octanol–water partition coefficient (Wildman–Crippen LogP) is 2.11. The smallest absolute Gasteiger partial charge is 0.333 e. The molecule has 0 radical (unpaired) electrons. The molecule has 2 bridgehead atoms. The molecule has 2 rings (SSSR count). The highest BCUT2D eigenvalue weighted by Crippen LogP contribution is 2.44. The maximum atomic E-state index is 11.7. The largest absolute Gasteiger partial charge is 0.340 e. The average Bonchev–Trinajstić information content (AvgIpc) is 2.87. The van der Waals surface area contributed by atoms with Crippen molar-refractivity contribution in [1.29, 1.82) is 0 Å². The van der Waals surface area contributed by atoms with Crippen molar-refractivity contribution in [2.24, 2.45) is 17.1 Å². The fourth-order valence-electron chi connectivity index (χ4n) is 2.91. The third-order valence-electron chi connectivity index (χ3n) is 3.68. The van der Waals surface area contributed by atoms with E-state index in [0.29, 0.717) is 5.92 Å². The van der Waals surface area contributed by atoms with E-state index in [4.69, 9.17) is 11.6 Å². The molecule has 2 saturated carbocycles. The molecule has 0 aromatic rings. The Morgan fingerprint density at radius 3 is 2.75 bits per heavy atom. The molecule has 2 fully saturated rings. The standard InChI is InChI=1S/C10H16ClN3O2/c11-3-4-14(13-16)10(15)12-9-6-7-1-2-8(9)5-7/h7-9H,1-6H2,(H,12,15)/t7-,8-,9-/m0/s1. The van der Waals surface area contributed by atoms with Crippen molar-refractivity contribution in [2.75, 3.05) is 12.4 Å². The van der Waals surface area contributed by atoms with E-state index < -0.39 is 6.03 Å². The average molecular weight is 246 g/mol. The number of nitrogens with zero attached hydrogens (tertiary/aromatic N) is 2.